The van der Waals surface area contributed by atoms with Crippen LogP contribution in [0.15, 0.2) is 11.1 Å². The van der Waals surface area contributed by atoms with Crippen molar-refractivity contribution in [2.24, 2.45) is 16.7 Å². The second kappa shape index (κ2) is 63.1. The van der Waals surface area contributed by atoms with Gasteiger partial charge in [-0.15, -0.1) is 0 Å². The second-order valence-corrected chi connectivity index (χ2v) is 30.5. The summed E-state index contributed by atoms with van der Waals surface area (Å²) in [7, 11) is 0. The van der Waals surface area contributed by atoms with E-state index in [1.54, 1.807) is 5.57 Å². The highest BCUT2D eigenvalue weighted by Gasteiger charge is 2.67. The highest BCUT2D eigenvalue weighted by molar-refractivity contribution is 5.39. The summed E-state index contributed by atoms with van der Waals surface area (Å²) in [5, 5.41) is 15.8. The molecule has 1 heteroatoms. The topological polar surface area (TPSA) is 20.2 Å². The van der Waals surface area contributed by atoms with E-state index in [-0.39, 0.29) is 10.8 Å². The summed E-state index contributed by atoms with van der Waals surface area (Å²) in [6.07, 6.45) is 99.8. The third-order valence-corrected chi connectivity index (χ3v) is 22.9. The van der Waals surface area contributed by atoms with Crippen LogP contribution in [-0.4, -0.2) is 10.7 Å². The molecule has 0 saturated heterocycles. The van der Waals surface area contributed by atoms with Crippen molar-refractivity contribution in [2.75, 3.05) is 0 Å². The van der Waals surface area contributed by atoms with Crippen LogP contribution in [-0.2, 0) is 0 Å². The van der Waals surface area contributed by atoms with Crippen molar-refractivity contribution in [2.45, 2.75) is 523 Å². The first kappa shape index (κ1) is 84.7. The molecule has 1 aliphatic carbocycles. The standard InChI is InChI=1S/C86H170O/c1-9-17-25-33-41-49-57-65-73-81-82(74-66-58-50-42-34-26-18-10-2)84(76-68-60-52-44-36-28-20-12-4,77-69-61-53-45-37-29-21-13-5)85(78-70-62-54-46-38-30-22-14-6,79-71-63-55-47-39-31-23-15-7)86(87,80-72-64-56-48-40-32-24-16-8)83(81)75-67-59-51-43-35-27-19-11-3/h82,87H,9-80H2,1-8H3. The van der Waals surface area contributed by atoms with Crippen LogP contribution >= 0.6 is 0 Å². The Morgan fingerprint density at radius 3 is 0.701 bits per heavy atom. The van der Waals surface area contributed by atoms with Gasteiger partial charge in [0.1, 0.15) is 0 Å². The molecule has 0 aromatic carbocycles. The highest BCUT2D eigenvalue weighted by Crippen LogP contribution is 2.71. The number of aliphatic hydroxyl groups is 1. The van der Waals surface area contributed by atoms with Crippen LogP contribution in [0.25, 0.3) is 0 Å². The van der Waals surface area contributed by atoms with Crippen molar-refractivity contribution in [1.82, 2.24) is 0 Å². The van der Waals surface area contributed by atoms with Crippen molar-refractivity contribution in [3.8, 4) is 0 Å². The molecule has 0 aliphatic heterocycles. The first-order chi connectivity index (χ1) is 42.9. The summed E-state index contributed by atoms with van der Waals surface area (Å²) in [5.41, 5.74) is 3.09. The molecule has 0 radical (unpaired) electrons. The molecule has 0 bridgehead atoms. The molecular weight excluding hydrogens is 1050 g/mol. The van der Waals surface area contributed by atoms with Gasteiger partial charge in [-0.25, -0.2) is 0 Å². The number of unbranched alkanes of at least 4 members (excludes halogenated alkanes) is 56. The van der Waals surface area contributed by atoms with E-state index in [1.165, 1.54) is 456 Å². The van der Waals surface area contributed by atoms with Gasteiger partial charge in [-0.2, -0.15) is 0 Å². The van der Waals surface area contributed by atoms with Crippen molar-refractivity contribution < 1.29 is 5.11 Å². The molecular formula is C86H170O. The molecule has 0 amide bonds. The van der Waals surface area contributed by atoms with Crippen LogP contribution in [0, 0.1) is 16.7 Å². The van der Waals surface area contributed by atoms with Gasteiger partial charge in [0, 0.05) is 5.41 Å². The van der Waals surface area contributed by atoms with Crippen LogP contribution in [0.3, 0.4) is 0 Å². The lowest BCUT2D eigenvalue weighted by Crippen LogP contribution is -2.65. The third-order valence-electron chi connectivity index (χ3n) is 22.9. The Balaban J connectivity index is 4.56. The van der Waals surface area contributed by atoms with Crippen LogP contribution < -0.4 is 0 Å². The number of rotatable bonds is 72. The van der Waals surface area contributed by atoms with Crippen molar-refractivity contribution in [3.63, 3.8) is 0 Å². The Morgan fingerprint density at radius 2 is 0.425 bits per heavy atom. The Labute approximate surface area is 553 Å². The lowest BCUT2D eigenvalue weighted by molar-refractivity contribution is -0.192. The Morgan fingerprint density at radius 1 is 0.218 bits per heavy atom. The number of hydrogen-bond acceptors (Lipinski definition) is 1. The minimum atomic E-state index is -0.690. The van der Waals surface area contributed by atoms with Gasteiger partial charge in [-0.1, -0.05) is 459 Å². The average Bonchev–Trinajstić information content (AvgIpc) is 0.701. The smallest absolute Gasteiger partial charge is 0.0920 e. The molecule has 0 heterocycles. The Kier molecular flexibility index (Phi) is 61.5. The predicted molar refractivity (Wildman–Crippen MR) is 398 cm³/mol. The minimum Gasteiger partial charge on any atom is -0.385 e. The predicted octanol–water partition coefficient (Wildman–Crippen LogP) is 31.9. The summed E-state index contributed by atoms with van der Waals surface area (Å²) in [6.45, 7) is 19.1. The first-order valence-corrected chi connectivity index (χ1v) is 42.3. The summed E-state index contributed by atoms with van der Waals surface area (Å²) in [5.74, 6) is 0.655. The van der Waals surface area contributed by atoms with Gasteiger partial charge in [0.05, 0.1) is 5.60 Å². The minimum absolute atomic E-state index is 0.0448. The third kappa shape index (κ3) is 39.9. The molecule has 0 aromatic rings. The van der Waals surface area contributed by atoms with E-state index >= 15 is 5.11 Å². The van der Waals surface area contributed by atoms with Gasteiger partial charge in [-0.05, 0) is 81.1 Å². The largest absolute Gasteiger partial charge is 0.385 e. The van der Waals surface area contributed by atoms with E-state index < -0.39 is 5.60 Å². The fourth-order valence-electron chi connectivity index (χ4n) is 17.5. The molecule has 1 N–H and O–H groups in total. The molecule has 0 fully saturated rings. The Bertz CT molecular complexity index is 1350. The van der Waals surface area contributed by atoms with Gasteiger partial charge in [0.2, 0.25) is 0 Å². The molecule has 2 atom stereocenters. The molecule has 0 aromatic heterocycles. The van der Waals surface area contributed by atoms with Crippen LogP contribution in [0.2, 0.25) is 0 Å². The number of allylic oxidation sites excluding steroid dienone is 1. The van der Waals surface area contributed by atoms with Gasteiger partial charge in [0.15, 0.2) is 0 Å². The van der Waals surface area contributed by atoms with E-state index in [2.05, 4.69) is 55.4 Å². The van der Waals surface area contributed by atoms with Gasteiger partial charge >= 0.3 is 0 Å². The van der Waals surface area contributed by atoms with Crippen LogP contribution in [0.4, 0.5) is 0 Å². The molecule has 1 aliphatic rings. The zero-order valence-electron chi connectivity index (χ0n) is 62.4. The molecule has 2 unspecified atom stereocenters. The molecule has 1 rings (SSSR count). The molecule has 0 saturated carbocycles. The fourth-order valence-corrected chi connectivity index (χ4v) is 17.5. The summed E-state index contributed by atoms with van der Waals surface area (Å²) in [6, 6.07) is 0. The van der Waals surface area contributed by atoms with E-state index in [9.17, 15) is 0 Å². The van der Waals surface area contributed by atoms with Gasteiger partial charge in [0.25, 0.3) is 0 Å². The maximum atomic E-state index is 15.8. The van der Waals surface area contributed by atoms with Gasteiger partial charge in [-0.3, -0.25) is 0 Å². The lowest BCUT2D eigenvalue weighted by Gasteiger charge is -2.67. The van der Waals surface area contributed by atoms with E-state index in [0.29, 0.717) is 5.92 Å². The van der Waals surface area contributed by atoms with Gasteiger partial charge < -0.3 is 5.11 Å². The van der Waals surface area contributed by atoms with Crippen molar-refractivity contribution in [1.29, 1.82) is 0 Å². The monoisotopic (exact) mass is 1220 g/mol. The van der Waals surface area contributed by atoms with Crippen LogP contribution in [0.5, 0.6) is 0 Å². The SMILES string of the molecule is CCCCCCCCCCC1=C(CCCCCCCCCC)C(O)(CCCCCCCCCC)C(CCCCCCCCCC)(CCCCCCCCCC)C(CCCCCCCCCC)(CCCCCCCCCC)C1CCCCCCCCCC. The number of hydrogen-bond donors (Lipinski definition) is 1. The normalized spacial score (nSPS) is 16.7. The van der Waals surface area contributed by atoms with Crippen molar-refractivity contribution >= 4 is 0 Å². The molecule has 0 spiro atoms. The summed E-state index contributed by atoms with van der Waals surface area (Å²) >= 11 is 0. The molecule has 520 valence electrons. The van der Waals surface area contributed by atoms with E-state index in [4.69, 9.17) is 0 Å². The molecule has 1 nitrogen and oxygen atoms in total. The van der Waals surface area contributed by atoms with E-state index in [1.807, 2.05) is 5.57 Å². The quantitative estimate of drug-likeness (QED) is 0.0475. The average molecular weight is 1220 g/mol. The zero-order valence-corrected chi connectivity index (χ0v) is 62.4. The summed E-state index contributed by atoms with van der Waals surface area (Å²) in [4.78, 5) is 0. The maximum absolute atomic E-state index is 15.8. The Hall–Kier alpha value is -0.300. The zero-order chi connectivity index (χ0) is 63.1. The van der Waals surface area contributed by atoms with E-state index in [0.717, 1.165) is 6.42 Å². The second-order valence-electron chi connectivity index (χ2n) is 30.5. The maximum Gasteiger partial charge on any atom is 0.0920 e. The lowest BCUT2D eigenvalue weighted by atomic mass is 9.38. The highest BCUT2D eigenvalue weighted by atomic mass is 16.3. The van der Waals surface area contributed by atoms with Crippen LogP contribution in [0.1, 0.15) is 518 Å². The van der Waals surface area contributed by atoms with Crippen molar-refractivity contribution in [3.05, 3.63) is 11.1 Å². The molecule has 87 heavy (non-hydrogen) atoms. The first-order valence-electron chi connectivity index (χ1n) is 42.3. The summed E-state index contributed by atoms with van der Waals surface area (Å²) < 4.78 is 0. The fraction of sp³-hybridized carbons (Fsp3) is 0.977.